The fourth-order valence-corrected chi connectivity index (χ4v) is 4.66. The number of sulfone groups is 1. The molecule has 0 amide bonds. The Hall–Kier alpha value is -3.19. The molecule has 3 rings (SSSR count). The van der Waals surface area contributed by atoms with E-state index in [0.717, 1.165) is 38.3 Å². The fraction of sp³-hybridized carbons (Fsp3) is 0.565. The van der Waals surface area contributed by atoms with Crippen molar-refractivity contribution in [1.29, 1.82) is 0 Å². The van der Waals surface area contributed by atoms with Crippen LogP contribution in [0.25, 0.3) is 0 Å². The van der Waals surface area contributed by atoms with Crippen LogP contribution in [0.2, 0.25) is 0 Å². The van der Waals surface area contributed by atoms with Crippen LogP contribution in [0.4, 0.5) is 6.01 Å². The monoisotopic (exact) mass is 526 g/mol. The van der Waals surface area contributed by atoms with Crippen LogP contribution in [0.15, 0.2) is 27.6 Å². The number of aryl methyl sites for hydroxylation is 1. The van der Waals surface area contributed by atoms with Crippen molar-refractivity contribution in [3.05, 3.63) is 29.6 Å². The van der Waals surface area contributed by atoms with Crippen molar-refractivity contribution in [2.24, 2.45) is 0 Å². The SMILES string of the molecule is Cc1cc(OCCN(C)C2CCN(c3nc(C(C)C)no3)CC2)ccc1S(C)(=O)=O.O=C(O)C(=O)O. The van der Waals surface area contributed by atoms with Gasteiger partial charge in [0.15, 0.2) is 15.7 Å². The van der Waals surface area contributed by atoms with Crippen LogP contribution in [0.1, 0.15) is 44.0 Å². The largest absolute Gasteiger partial charge is 0.492 e. The van der Waals surface area contributed by atoms with E-state index in [0.29, 0.717) is 34.9 Å². The Balaban J connectivity index is 0.000000678. The molecule has 2 heterocycles. The minimum absolute atomic E-state index is 0.262. The summed E-state index contributed by atoms with van der Waals surface area (Å²) in [4.78, 5) is 27.5. The molecule has 0 radical (unpaired) electrons. The summed E-state index contributed by atoms with van der Waals surface area (Å²) in [5, 5.41) is 18.8. The third kappa shape index (κ3) is 8.48. The normalized spacial score (nSPS) is 14.5. The first-order valence-corrected chi connectivity index (χ1v) is 13.4. The van der Waals surface area contributed by atoms with Gasteiger partial charge < -0.3 is 24.4 Å². The first-order valence-electron chi connectivity index (χ1n) is 11.5. The molecule has 2 aromatic rings. The Kier molecular flexibility index (Phi) is 10.2. The van der Waals surface area contributed by atoms with Gasteiger partial charge in [-0.2, -0.15) is 4.98 Å². The summed E-state index contributed by atoms with van der Waals surface area (Å²) in [6.07, 6.45) is 3.27. The van der Waals surface area contributed by atoms with E-state index in [9.17, 15) is 8.42 Å². The Labute approximate surface area is 210 Å². The number of aromatic nitrogens is 2. The average Bonchev–Trinajstić information content (AvgIpc) is 3.29. The number of ether oxygens (including phenoxy) is 1. The van der Waals surface area contributed by atoms with Crippen LogP contribution < -0.4 is 9.64 Å². The first kappa shape index (κ1) is 29.0. The van der Waals surface area contributed by atoms with Crippen molar-refractivity contribution in [2.45, 2.75) is 50.5 Å². The van der Waals surface area contributed by atoms with E-state index in [4.69, 9.17) is 29.1 Å². The van der Waals surface area contributed by atoms with Crippen molar-refractivity contribution in [3.63, 3.8) is 0 Å². The number of hydrogen-bond acceptors (Lipinski definition) is 10. The number of anilines is 1. The quantitative estimate of drug-likeness (QED) is 0.482. The van der Waals surface area contributed by atoms with Crippen LogP contribution in [0.5, 0.6) is 5.75 Å². The first-order chi connectivity index (χ1) is 16.8. The zero-order chi connectivity index (χ0) is 27.0. The molecule has 36 heavy (non-hydrogen) atoms. The highest BCUT2D eigenvalue weighted by Gasteiger charge is 2.25. The number of rotatable bonds is 8. The van der Waals surface area contributed by atoms with Crippen molar-refractivity contribution in [2.75, 3.05) is 44.4 Å². The van der Waals surface area contributed by atoms with Gasteiger partial charge in [-0.1, -0.05) is 19.0 Å². The van der Waals surface area contributed by atoms with Gasteiger partial charge in [0, 0.05) is 37.8 Å². The zero-order valence-electron chi connectivity index (χ0n) is 21.2. The number of hydrogen-bond donors (Lipinski definition) is 2. The lowest BCUT2D eigenvalue weighted by atomic mass is 10.0. The molecule has 0 spiro atoms. The number of piperidine rings is 1. The van der Waals surface area contributed by atoms with E-state index in [1.54, 1.807) is 25.1 Å². The van der Waals surface area contributed by atoms with E-state index in [1.807, 2.05) is 0 Å². The maximum absolute atomic E-state index is 11.7. The predicted octanol–water partition coefficient (Wildman–Crippen LogP) is 2.04. The standard InChI is InChI=1S/C21H32N4O4S.C2H2O4/c1-15(2)20-22-21(29-23-20)25-10-8-17(9-11-25)24(4)12-13-28-18-6-7-19(16(3)14-18)30(5,26)27;3-1(4)2(5)6/h6-7,14-15,17H,8-13H2,1-5H3;(H,3,4)(H,5,6). The highest BCUT2D eigenvalue weighted by molar-refractivity contribution is 7.90. The van der Waals surface area contributed by atoms with E-state index in [2.05, 4.69) is 40.8 Å². The second-order valence-corrected chi connectivity index (χ2v) is 10.9. The summed E-state index contributed by atoms with van der Waals surface area (Å²) >= 11 is 0. The van der Waals surface area contributed by atoms with Crippen molar-refractivity contribution in [3.8, 4) is 5.75 Å². The van der Waals surface area contributed by atoms with Crippen LogP contribution in [-0.2, 0) is 19.4 Å². The zero-order valence-corrected chi connectivity index (χ0v) is 22.0. The molecule has 0 saturated carbocycles. The lowest BCUT2D eigenvalue weighted by Gasteiger charge is -2.35. The van der Waals surface area contributed by atoms with Crippen molar-refractivity contribution < 1.29 is 37.5 Å². The molecule has 1 aliphatic heterocycles. The molecule has 0 unspecified atom stereocenters. The molecule has 1 aromatic carbocycles. The fourth-order valence-electron chi connectivity index (χ4n) is 3.71. The van der Waals surface area contributed by atoms with Crippen molar-refractivity contribution in [1.82, 2.24) is 15.0 Å². The molecule has 200 valence electrons. The highest BCUT2D eigenvalue weighted by atomic mass is 32.2. The molecule has 1 aliphatic rings. The van der Waals surface area contributed by atoms with Gasteiger partial charge in [-0.05, 0) is 50.6 Å². The third-order valence-electron chi connectivity index (χ3n) is 5.75. The number of carboxylic acid groups (broad SMARTS) is 2. The van der Waals surface area contributed by atoms with Gasteiger partial charge in [0.25, 0.3) is 0 Å². The van der Waals surface area contributed by atoms with E-state index < -0.39 is 21.8 Å². The molecule has 0 bridgehead atoms. The summed E-state index contributed by atoms with van der Waals surface area (Å²) in [5.74, 6) is -1.94. The van der Waals surface area contributed by atoms with Gasteiger partial charge in [0.05, 0.1) is 4.90 Å². The Morgan fingerprint density at radius 1 is 1.22 bits per heavy atom. The van der Waals surface area contributed by atoms with Crippen molar-refractivity contribution >= 4 is 27.8 Å². The van der Waals surface area contributed by atoms with Crippen LogP contribution >= 0.6 is 0 Å². The van der Waals surface area contributed by atoms with Crippen LogP contribution in [0, 0.1) is 6.92 Å². The molecular formula is C23H34N4O8S. The number of nitrogens with zero attached hydrogens (tertiary/aromatic N) is 4. The molecule has 12 nitrogen and oxygen atoms in total. The number of benzene rings is 1. The second-order valence-electron chi connectivity index (χ2n) is 8.95. The summed E-state index contributed by atoms with van der Waals surface area (Å²) in [5.41, 5.74) is 0.706. The van der Waals surface area contributed by atoms with Gasteiger partial charge in [-0.25, -0.2) is 18.0 Å². The number of carbonyl (C=O) groups is 2. The van der Waals surface area contributed by atoms with Crippen LogP contribution in [0.3, 0.4) is 0 Å². The Morgan fingerprint density at radius 3 is 2.31 bits per heavy atom. The number of aliphatic carboxylic acids is 2. The molecule has 0 aliphatic carbocycles. The summed E-state index contributed by atoms with van der Waals surface area (Å²) < 4.78 is 34.7. The molecular weight excluding hydrogens is 492 g/mol. The van der Waals surface area contributed by atoms with Gasteiger partial charge in [0.2, 0.25) is 0 Å². The maximum Gasteiger partial charge on any atom is 0.414 e. The Morgan fingerprint density at radius 2 is 1.83 bits per heavy atom. The van der Waals surface area contributed by atoms with Gasteiger partial charge >= 0.3 is 18.0 Å². The van der Waals surface area contributed by atoms with Gasteiger partial charge in [0.1, 0.15) is 12.4 Å². The van der Waals surface area contributed by atoms with E-state index >= 15 is 0 Å². The van der Waals surface area contributed by atoms with Gasteiger partial charge in [-0.15, -0.1) is 0 Å². The van der Waals surface area contributed by atoms with Crippen LogP contribution in [-0.4, -0.2) is 91.2 Å². The second kappa shape index (κ2) is 12.7. The maximum atomic E-state index is 11.7. The smallest absolute Gasteiger partial charge is 0.414 e. The minimum atomic E-state index is -3.21. The third-order valence-corrected chi connectivity index (χ3v) is 7.00. The van der Waals surface area contributed by atoms with Gasteiger partial charge in [-0.3, -0.25) is 4.90 Å². The highest BCUT2D eigenvalue weighted by Crippen LogP contribution is 2.23. The summed E-state index contributed by atoms with van der Waals surface area (Å²) in [6.45, 7) is 9.03. The predicted molar refractivity (Wildman–Crippen MR) is 131 cm³/mol. The average molecular weight is 527 g/mol. The molecule has 13 heteroatoms. The molecule has 1 aromatic heterocycles. The van der Waals surface area contributed by atoms with E-state index in [1.165, 1.54) is 6.26 Å². The minimum Gasteiger partial charge on any atom is -0.492 e. The molecule has 1 fully saturated rings. The Bertz CT molecular complexity index is 1130. The summed E-state index contributed by atoms with van der Waals surface area (Å²) in [6, 6.07) is 6.21. The topological polar surface area (TPSA) is 163 Å². The molecule has 0 atom stereocenters. The van der Waals surface area contributed by atoms with E-state index in [-0.39, 0.29) is 5.92 Å². The molecule has 2 N–H and O–H groups in total. The lowest BCUT2D eigenvalue weighted by Crippen LogP contribution is -2.44. The number of likely N-dealkylation sites (N-methyl/N-ethyl adjacent to an activating group) is 1. The lowest BCUT2D eigenvalue weighted by molar-refractivity contribution is -0.159. The molecule has 1 saturated heterocycles. The number of carboxylic acids is 2. The summed E-state index contributed by atoms with van der Waals surface area (Å²) in [7, 11) is -1.09.